The van der Waals surface area contributed by atoms with Crippen LogP contribution in [0.4, 0.5) is 5.82 Å². The van der Waals surface area contributed by atoms with Crippen LogP contribution in [0.15, 0.2) is 10.7 Å². The highest BCUT2D eigenvalue weighted by molar-refractivity contribution is 9.10. The summed E-state index contributed by atoms with van der Waals surface area (Å²) >= 11 is 3.38. The van der Waals surface area contributed by atoms with Gasteiger partial charge in [-0.15, -0.1) is 0 Å². The lowest BCUT2D eigenvalue weighted by molar-refractivity contribution is 0.351. The van der Waals surface area contributed by atoms with Crippen LogP contribution in [0.2, 0.25) is 0 Å². The van der Waals surface area contributed by atoms with Crippen molar-refractivity contribution in [3.05, 3.63) is 10.7 Å². The lowest BCUT2D eigenvalue weighted by atomic mass is 9.92. The first-order valence-corrected chi connectivity index (χ1v) is 5.77. The molecule has 4 heteroatoms. The van der Waals surface area contributed by atoms with Crippen LogP contribution < -0.4 is 5.73 Å². The van der Waals surface area contributed by atoms with Crippen LogP contribution in [0, 0.1) is 5.41 Å². The van der Waals surface area contributed by atoms with Gasteiger partial charge in [0.25, 0.3) is 0 Å². The van der Waals surface area contributed by atoms with Gasteiger partial charge in [-0.3, -0.25) is 0 Å². The van der Waals surface area contributed by atoms with Gasteiger partial charge in [0.15, 0.2) is 0 Å². The molecule has 1 aromatic heterocycles. The van der Waals surface area contributed by atoms with Crippen LogP contribution in [-0.4, -0.2) is 9.78 Å². The van der Waals surface area contributed by atoms with Crippen LogP contribution in [0.1, 0.15) is 39.2 Å². The molecule has 1 atom stereocenters. The minimum Gasteiger partial charge on any atom is -0.383 e. The van der Waals surface area contributed by atoms with Crippen molar-refractivity contribution in [2.45, 2.75) is 39.2 Å². The average Bonchev–Trinajstić information content (AvgIpc) is 2.59. The highest BCUT2D eigenvalue weighted by Gasteiger charge is 2.33. The van der Waals surface area contributed by atoms with Crippen LogP contribution in [0.5, 0.6) is 0 Å². The predicted molar refractivity (Wildman–Crippen MR) is 61.0 cm³/mol. The number of nitrogen functional groups attached to an aromatic ring is 1. The number of nitrogens with two attached hydrogens (primary N) is 1. The van der Waals surface area contributed by atoms with Gasteiger partial charge < -0.3 is 5.73 Å². The normalized spacial score (nSPS) is 25.5. The number of nitrogens with zero attached hydrogens (tertiary/aromatic N) is 2. The third kappa shape index (κ3) is 1.67. The number of halogens is 1. The van der Waals surface area contributed by atoms with E-state index in [1.807, 2.05) is 4.68 Å². The van der Waals surface area contributed by atoms with Crippen LogP contribution in [0.25, 0.3) is 0 Å². The Morgan fingerprint density at radius 2 is 2.36 bits per heavy atom. The lowest BCUT2D eigenvalue weighted by Crippen LogP contribution is -2.12. The third-order valence-electron chi connectivity index (χ3n) is 3.08. The molecule has 78 valence electrons. The Morgan fingerprint density at radius 1 is 1.64 bits per heavy atom. The molecular formula is C10H16BrN3. The number of hydrogen-bond donors (Lipinski definition) is 1. The van der Waals surface area contributed by atoms with Crippen LogP contribution in [0.3, 0.4) is 0 Å². The zero-order valence-electron chi connectivity index (χ0n) is 8.63. The summed E-state index contributed by atoms with van der Waals surface area (Å²) in [7, 11) is 0. The Balaban J connectivity index is 2.22. The smallest absolute Gasteiger partial charge is 0.136 e. The second kappa shape index (κ2) is 3.26. The van der Waals surface area contributed by atoms with E-state index >= 15 is 0 Å². The molecule has 0 saturated heterocycles. The summed E-state index contributed by atoms with van der Waals surface area (Å²) in [6.07, 6.45) is 5.39. The van der Waals surface area contributed by atoms with E-state index in [4.69, 9.17) is 5.73 Å². The van der Waals surface area contributed by atoms with Crippen LogP contribution in [-0.2, 0) is 0 Å². The van der Waals surface area contributed by atoms with Crippen molar-refractivity contribution >= 4 is 21.7 Å². The first kappa shape index (κ1) is 10.0. The van der Waals surface area contributed by atoms with Gasteiger partial charge in [0.1, 0.15) is 5.82 Å². The van der Waals surface area contributed by atoms with Gasteiger partial charge in [-0.05, 0) is 40.6 Å². The summed E-state index contributed by atoms with van der Waals surface area (Å²) in [5.41, 5.74) is 6.36. The van der Waals surface area contributed by atoms with Crippen molar-refractivity contribution in [3.63, 3.8) is 0 Å². The minimum atomic E-state index is 0.440. The van der Waals surface area contributed by atoms with E-state index < -0.39 is 0 Å². The lowest BCUT2D eigenvalue weighted by Gasteiger charge is -2.17. The monoisotopic (exact) mass is 257 g/mol. The summed E-state index contributed by atoms with van der Waals surface area (Å²) in [6.45, 7) is 4.61. The molecule has 0 amide bonds. The summed E-state index contributed by atoms with van der Waals surface area (Å²) in [5.74, 6) is 0.757. The summed E-state index contributed by atoms with van der Waals surface area (Å²) in [6, 6.07) is 0.483. The van der Waals surface area contributed by atoms with E-state index in [9.17, 15) is 0 Å². The van der Waals surface area contributed by atoms with Gasteiger partial charge in [-0.1, -0.05) is 13.8 Å². The second-order valence-corrected chi connectivity index (χ2v) is 5.74. The Kier molecular flexibility index (Phi) is 2.33. The Labute approximate surface area is 92.8 Å². The molecular weight excluding hydrogens is 242 g/mol. The topological polar surface area (TPSA) is 43.8 Å². The molecule has 1 heterocycles. The first-order chi connectivity index (χ1) is 6.49. The largest absolute Gasteiger partial charge is 0.383 e. The number of anilines is 1. The summed E-state index contributed by atoms with van der Waals surface area (Å²) in [4.78, 5) is 0. The van der Waals surface area contributed by atoms with E-state index in [-0.39, 0.29) is 0 Å². The first-order valence-electron chi connectivity index (χ1n) is 4.98. The molecule has 2 N–H and O–H groups in total. The summed E-state index contributed by atoms with van der Waals surface area (Å²) < 4.78 is 2.86. The molecule has 0 bridgehead atoms. The molecule has 1 aromatic rings. The molecule has 0 spiro atoms. The van der Waals surface area contributed by atoms with Gasteiger partial charge in [-0.25, -0.2) is 4.68 Å². The average molecular weight is 258 g/mol. The van der Waals surface area contributed by atoms with E-state index in [0.717, 1.165) is 10.3 Å². The fourth-order valence-corrected chi connectivity index (χ4v) is 2.52. The zero-order chi connectivity index (χ0) is 10.3. The molecule has 0 aromatic carbocycles. The summed E-state index contributed by atoms with van der Waals surface area (Å²) in [5, 5.41) is 4.31. The van der Waals surface area contributed by atoms with Crippen molar-refractivity contribution < 1.29 is 0 Å². The fourth-order valence-electron chi connectivity index (χ4n) is 2.25. The number of hydrogen-bond acceptors (Lipinski definition) is 2. The minimum absolute atomic E-state index is 0.440. The zero-order valence-corrected chi connectivity index (χ0v) is 10.2. The quantitative estimate of drug-likeness (QED) is 0.841. The van der Waals surface area contributed by atoms with Crippen molar-refractivity contribution in [1.82, 2.24) is 9.78 Å². The molecule has 0 aliphatic heterocycles. The molecule has 1 saturated carbocycles. The van der Waals surface area contributed by atoms with Crippen molar-refractivity contribution in [2.24, 2.45) is 5.41 Å². The SMILES string of the molecule is CC1(C)CCC(n2ncc(Br)c2N)C1. The molecule has 2 rings (SSSR count). The Hall–Kier alpha value is -0.510. The van der Waals surface area contributed by atoms with Crippen molar-refractivity contribution in [1.29, 1.82) is 0 Å². The van der Waals surface area contributed by atoms with Crippen molar-refractivity contribution in [2.75, 3.05) is 5.73 Å². The van der Waals surface area contributed by atoms with Gasteiger partial charge in [-0.2, -0.15) is 5.10 Å². The predicted octanol–water partition coefficient (Wildman–Crippen LogP) is 2.98. The van der Waals surface area contributed by atoms with Gasteiger partial charge in [0.05, 0.1) is 16.7 Å². The van der Waals surface area contributed by atoms with Crippen LogP contribution >= 0.6 is 15.9 Å². The van der Waals surface area contributed by atoms with Gasteiger partial charge >= 0.3 is 0 Å². The van der Waals surface area contributed by atoms with E-state index in [1.165, 1.54) is 19.3 Å². The molecule has 0 radical (unpaired) electrons. The molecule has 1 unspecified atom stereocenters. The fraction of sp³-hybridized carbons (Fsp3) is 0.700. The maximum atomic E-state index is 5.92. The maximum Gasteiger partial charge on any atom is 0.136 e. The molecule has 1 aliphatic rings. The van der Waals surface area contributed by atoms with E-state index in [0.29, 0.717) is 11.5 Å². The maximum absolute atomic E-state index is 5.92. The van der Waals surface area contributed by atoms with Gasteiger partial charge in [0.2, 0.25) is 0 Å². The second-order valence-electron chi connectivity index (χ2n) is 4.88. The van der Waals surface area contributed by atoms with E-state index in [1.54, 1.807) is 6.20 Å². The standard InChI is InChI=1S/C10H16BrN3/c1-10(2)4-3-7(5-10)14-9(12)8(11)6-13-14/h6-7H,3-5,12H2,1-2H3. The highest BCUT2D eigenvalue weighted by Crippen LogP contribution is 2.44. The molecule has 3 nitrogen and oxygen atoms in total. The van der Waals surface area contributed by atoms with Gasteiger partial charge in [0, 0.05) is 0 Å². The van der Waals surface area contributed by atoms with Crippen molar-refractivity contribution in [3.8, 4) is 0 Å². The highest BCUT2D eigenvalue weighted by atomic mass is 79.9. The molecule has 1 aliphatic carbocycles. The molecule has 1 fully saturated rings. The van der Waals surface area contributed by atoms with E-state index in [2.05, 4.69) is 34.9 Å². The Morgan fingerprint density at radius 3 is 2.79 bits per heavy atom. The number of aromatic nitrogens is 2. The Bertz CT molecular complexity index is 343. The molecule has 14 heavy (non-hydrogen) atoms. The number of rotatable bonds is 1. The third-order valence-corrected chi connectivity index (χ3v) is 3.69.